The summed E-state index contributed by atoms with van der Waals surface area (Å²) in [6.07, 6.45) is 0. The molecule has 2 radical (unpaired) electrons. The quantitative estimate of drug-likeness (QED) is 0.630. The van der Waals surface area contributed by atoms with Crippen molar-refractivity contribution in [3.63, 3.8) is 0 Å². The minimum atomic E-state index is 0. The van der Waals surface area contributed by atoms with Crippen LogP contribution in [0.25, 0.3) is 0 Å². The van der Waals surface area contributed by atoms with Crippen molar-refractivity contribution in [1.29, 1.82) is 0 Å². The Labute approximate surface area is 149 Å². The molecule has 2 aromatic rings. The van der Waals surface area contributed by atoms with Crippen LogP contribution >= 0.6 is 0 Å². The number of rotatable bonds is 0. The molecular formula is C14H14Y2-2. The Balaban J connectivity index is 0. The maximum Gasteiger partial charge on any atom is 0 e. The first-order chi connectivity index (χ1) is 6.79. The Kier molecular flexibility index (Phi) is 14.4. The molecule has 0 N–H and O–H groups in total. The average molecular weight is 360 g/mol. The molecule has 0 unspecified atom stereocenters. The molecule has 0 aromatic heterocycles. The van der Waals surface area contributed by atoms with Crippen LogP contribution in [0.1, 0.15) is 11.1 Å². The Morgan fingerprint density at radius 1 is 0.688 bits per heavy atom. The molecular weight excluding hydrogens is 346 g/mol. The molecule has 2 heteroatoms. The molecule has 0 heterocycles. The second kappa shape index (κ2) is 12.1. The van der Waals surface area contributed by atoms with E-state index in [0.29, 0.717) is 0 Å². The number of hydrogen-bond acceptors (Lipinski definition) is 0. The fourth-order valence-electron chi connectivity index (χ4n) is 0.966. The van der Waals surface area contributed by atoms with Crippen molar-refractivity contribution < 1.29 is 65.4 Å². The summed E-state index contributed by atoms with van der Waals surface area (Å²) in [7, 11) is 0. The van der Waals surface area contributed by atoms with E-state index in [1.165, 1.54) is 11.1 Å². The van der Waals surface area contributed by atoms with E-state index in [1.807, 2.05) is 62.4 Å². The van der Waals surface area contributed by atoms with E-state index in [2.05, 4.69) is 12.1 Å². The van der Waals surface area contributed by atoms with E-state index >= 15 is 0 Å². The van der Waals surface area contributed by atoms with E-state index in [1.54, 1.807) is 0 Å². The molecule has 78 valence electrons. The summed E-state index contributed by atoms with van der Waals surface area (Å²) >= 11 is 0. The fraction of sp³-hybridized carbons (Fsp3) is 0.143. The second-order valence-electron chi connectivity index (χ2n) is 3.09. The van der Waals surface area contributed by atoms with Gasteiger partial charge in [0.15, 0.2) is 0 Å². The van der Waals surface area contributed by atoms with Crippen LogP contribution in [0.4, 0.5) is 0 Å². The van der Waals surface area contributed by atoms with E-state index in [4.69, 9.17) is 0 Å². The summed E-state index contributed by atoms with van der Waals surface area (Å²) in [4.78, 5) is 0. The third kappa shape index (κ3) is 9.84. The third-order valence-electron chi connectivity index (χ3n) is 1.73. The van der Waals surface area contributed by atoms with Gasteiger partial charge in [-0.25, -0.2) is 0 Å². The summed E-state index contributed by atoms with van der Waals surface area (Å²) in [6, 6.07) is 21.9. The first kappa shape index (κ1) is 19.0. The van der Waals surface area contributed by atoms with Crippen LogP contribution in [-0.2, 0) is 65.4 Å². The third-order valence-corrected chi connectivity index (χ3v) is 1.73. The van der Waals surface area contributed by atoms with Gasteiger partial charge >= 0.3 is 0 Å². The molecule has 0 aliphatic heterocycles. The molecule has 0 fully saturated rings. The van der Waals surface area contributed by atoms with Crippen molar-refractivity contribution in [3.05, 3.63) is 71.8 Å². The zero-order valence-corrected chi connectivity index (χ0v) is 15.5. The molecule has 0 spiro atoms. The Hall–Kier alpha value is 0.648. The predicted octanol–water partition coefficient (Wildman–Crippen LogP) is 3.59. The molecule has 0 saturated carbocycles. The molecule has 2 rings (SSSR count). The smallest absolute Gasteiger partial charge is 0 e. The maximum atomic E-state index is 3.03. The summed E-state index contributed by atoms with van der Waals surface area (Å²) < 4.78 is 0. The minimum absolute atomic E-state index is 0. The van der Waals surface area contributed by atoms with Gasteiger partial charge < -0.3 is 0 Å². The topological polar surface area (TPSA) is 0 Å². The molecule has 0 aliphatic carbocycles. The van der Waals surface area contributed by atoms with Crippen molar-refractivity contribution in [2.45, 2.75) is 13.8 Å². The zero-order valence-electron chi connectivity index (χ0n) is 9.77. The minimum Gasteiger partial charge on any atom is -0.181 e. The molecule has 0 atom stereocenters. The molecule has 0 saturated heterocycles. The van der Waals surface area contributed by atoms with Crippen molar-refractivity contribution in [2.24, 2.45) is 0 Å². The van der Waals surface area contributed by atoms with Crippen molar-refractivity contribution in [3.8, 4) is 0 Å². The number of aryl methyl sites for hydroxylation is 2. The number of hydrogen-bond donors (Lipinski definition) is 0. The maximum absolute atomic E-state index is 3.03. The van der Waals surface area contributed by atoms with Crippen LogP contribution in [0.5, 0.6) is 0 Å². The first-order valence-electron chi connectivity index (χ1n) is 4.65. The predicted molar refractivity (Wildman–Crippen MR) is 60.0 cm³/mol. The van der Waals surface area contributed by atoms with Gasteiger partial charge in [-0.2, -0.15) is 71.8 Å². The summed E-state index contributed by atoms with van der Waals surface area (Å²) in [5.41, 5.74) is 2.39. The van der Waals surface area contributed by atoms with Gasteiger partial charge in [-0.05, 0) is 0 Å². The molecule has 0 bridgehead atoms. The van der Waals surface area contributed by atoms with Gasteiger partial charge in [0, 0.05) is 65.4 Å². The van der Waals surface area contributed by atoms with Crippen LogP contribution in [0.3, 0.4) is 0 Å². The molecule has 2 aromatic carbocycles. The summed E-state index contributed by atoms with van der Waals surface area (Å²) in [5.74, 6) is 0. The normalized spacial score (nSPS) is 7.62. The van der Waals surface area contributed by atoms with E-state index in [-0.39, 0.29) is 65.4 Å². The van der Waals surface area contributed by atoms with Gasteiger partial charge in [-0.3, -0.25) is 0 Å². The fourth-order valence-corrected chi connectivity index (χ4v) is 0.966. The second-order valence-corrected chi connectivity index (χ2v) is 3.09. The Morgan fingerprint density at radius 3 is 1.19 bits per heavy atom. The molecule has 0 aliphatic rings. The van der Waals surface area contributed by atoms with Gasteiger partial charge in [-0.1, -0.05) is 13.8 Å². The molecule has 0 amide bonds. The van der Waals surface area contributed by atoms with Gasteiger partial charge in [0.05, 0.1) is 0 Å². The summed E-state index contributed by atoms with van der Waals surface area (Å²) in [5, 5.41) is 0. The number of benzene rings is 2. The zero-order chi connectivity index (χ0) is 10.2. The van der Waals surface area contributed by atoms with Crippen LogP contribution < -0.4 is 0 Å². The monoisotopic (exact) mass is 360 g/mol. The largest absolute Gasteiger partial charge is 0.181 e. The van der Waals surface area contributed by atoms with Gasteiger partial charge in [0.1, 0.15) is 0 Å². The van der Waals surface area contributed by atoms with Crippen molar-refractivity contribution in [1.82, 2.24) is 0 Å². The van der Waals surface area contributed by atoms with E-state index in [0.717, 1.165) is 0 Å². The standard InChI is InChI=1S/2C7H7.2Y/c2*1-7-5-3-2-4-6-7;;/h2*2-5H,1H3;;/q2*-1;;. The SMILES string of the molecule is Cc1[c-]cccc1.Cc1[c-]cccc1.[Y].[Y]. The first-order valence-corrected chi connectivity index (χ1v) is 4.65. The van der Waals surface area contributed by atoms with E-state index in [9.17, 15) is 0 Å². The summed E-state index contributed by atoms with van der Waals surface area (Å²) in [6.45, 7) is 4.06. The van der Waals surface area contributed by atoms with Crippen molar-refractivity contribution >= 4 is 0 Å². The molecule has 16 heavy (non-hydrogen) atoms. The van der Waals surface area contributed by atoms with Crippen LogP contribution in [0.2, 0.25) is 0 Å². The van der Waals surface area contributed by atoms with Gasteiger partial charge in [0.2, 0.25) is 0 Å². The average Bonchev–Trinajstić information content (AvgIpc) is 2.21. The van der Waals surface area contributed by atoms with Crippen molar-refractivity contribution in [2.75, 3.05) is 0 Å². The van der Waals surface area contributed by atoms with Gasteiger partial charge in [-0.15, -0.1) is 0 Å². The van der Waals surface area contributed by atoms with Crippen LogP contribution in [-0.4, -0.2) is 0 Å². The molecule has 0 nitrogen and oxygen atoms in total. The van der Waals surface area contributed by atoms with Gasteiger partial charge in [0.25, 0.3) is 0 Å². The van der Waals surface area contributed by atoms with E-state index < -0.39 is 0 Å². The Bertz CT molecular complexity index is 306. The Morgan fingerprint density at radius 2 is 1.06 bits per heavy atom. The van der Waals surface area contributed by atoms with Crippen LogP contribution in [0, 0.1) is 26.0 Å². The van der Waals surface area contributed by atoms with Crippen LogP contribution in [0.15, 0.2) is 48.5 Å².